The third-order valence-electron chi connectivity index (χ3n) is 5.06. The summed E-state index contributed by atoms with van der Waals surface area (Å²) in [5.41, 5.74) is 11.4. The Balaban J connectivity index is 1.46. The normalized spacial score (nSPS) is 19.1. The molecule has 0 aromatic carbocycles. The monoisotopic (exact) mass is 599 g/mol. The smallest absolute Gasteiger partial charge is 0.352 e. The van der Waals surface area contributed by atoms with Crippen molar-refractivity contribution in [1.29, 1.82) is 5.41 Å². The van der Waals surface area contributed by atoms with Crippen LogP contribution in [-0.4, -0.2) is 95.0 Å². The van der Waals surface area contributed by atoms with E-state index in [9.17, 15) is 19.5 Å². The van der Waals surface area contributed by atoms with E-state index in [0.29, 0.717) is 21.6 Å². The molecule has 1 saturated heterocycles. The lowest BCUT2D eigenvalue weighted by Crippen LogP contribution is -2.71. The standard InChI is InChI=1S/C18H21N11O5S4/c1-34-27-9(7-4-36-16(21)23-7)12(30)24-10-13(31)28-11(15(32)33)6(2-35-14(10)28)3-37-17-25-26-18(29(17)22)38-5-8(19)20/h4,10,14H,2-3,5,22H2,1H3,(H3,19,20)(H2,21,23)(H,24,30)(H,32,33)/b27-9-/t10-,14+/m1/s1. The number of nitrogens with zero attached hydrogens (tertiary/aromatic N) is 6. The molecule has 16 nitrogen and oxygen atoms in total. The molecule has 2 amide bonds. The molecular weight excluding hydrogens is 579 g/mol. The zero-order chi connectivity index (χ0) is 27.6. The molecule has 0 unspecified atom stereocenters. The summed E-state index contributed by atoms with van der Waals surface area (Å²) < 4.78 is 1.23. The number of rotatable bonds is 11. The molecule has 2 aliphatic rings. The van der Waals surface area contributed by atoms with Crippen molar-refractivity contribution in [3.8, 4) is 0 Å². The topological polar surface area (TPSA) is 254 Å². The van der Waals surface area contributed by atoms with E-state index < -0.39 is 29.2 Å². The van der Waals surface area contributed by atoms with Gasteiger partial charge in [0.1, 0.15) is 35.8 Å². The van der Waals surface area contributed by atoms with Crippen LogP contribution in [0.15, 0.2) is 32.1 Å². The summed E-state index contributed by atoms with van der Waals surface area (Å²) >= 11 is 4.72. The van der Waals surface area contributed by atoms with Crippen LogP contribution in [0.4, 0.5) is 5.13 Å². The van der Waals surface area contributed by atoms with E-state index in [2.05, 4.69) is 25.7 Å². The van der Waals surface area contributed by atoms with Gasteiger partial charge in [-0.1, -0.05) is 28.7 Å². The van der Waals surface area contributed by atoms with Crippen LogP contribution < -0.4 is 22.6 Å². The fourth-order valence-corrected chi connectivity index (χ4v) is 7.01. The van der Waals surface area contributed by atoms with Gasteiger partial charge >= 0.3 is 5.97 Å². The number of carbonyl (C=O) groups excluding carboxylic acids is 2. The Morgan fingerprint density at radius 3 is 2.68 bits per heavy atom. The number of anilines is 1. The summed E-state index contributed by atoms with van der Waals surface area (Å²) in [5, 5.41) is 33.2. The Morgan fingerprint density at radius 1 is 1.37 bits per heavy atom. The van der Waals surface area contributed by atoms with Crippen LogP contribution in [0.3, 0.4) is 0 Å². The van der Waals surface area contributed by atoms with Crippen molar-refractivity contribution in [2.75, 3.05) is 35.9 Å². The highest BCUT2D eigenvalue weighted by Crippen LogP contribution is 2.41. The number of amides is 2. The number of aliphatic carboxylic acids is 1. The number of carbonyl (C=O) groups is 3. The SMILES string of the molecule is CO/N=C(\C(=O)N[C@@H]1C(=O)N2C(C(=O)O)=C(CSc3nnc(SCC(=N)N)n3N)CS[C@@H]12)c1csc(N)n1. The summed E-state index contributed by atoms with van der Waals surface area (Å²) in [7, 11) is 1.26. The molecule has 0 radical (unpaired) electrons. The maximum atomic E-state index is 13.0. The highest BCUT2D eigenvalue weighted by Gasteiger charge is 2.54. The van der Waals surface area contributed by atoms with Crippen LogP contribution in [0, 0.1) is 5.41 Å². The minimum atomic E-state index is -1.27. The third kappa shape index (κ3) is 5.51. The molecule has 4 heterocycles. The van der Waals surface area contributed by atoms with E-state index in [-0.39, 0.29) is 39.6 Å². The van der Waals surface area contributed by atoms with Gasteiger partial charge in [0.25, 0.3) is 11.8 Å². The summed E-state index contributed by atoms with van der Waals surface area (Å²) in [4.78, 5) is 47.9. The lowest BCUT2D eigenvalue weighted by molar-refractivity contribution is -0.150. The molecule has 20 heteroatoms. The highest BCUT2D eigenvalue weighted by molar-refractivity contribution is 8.01. The van der Waals surface area contributed by atoms with E-state index in [1.807, 2.05) is 0 Å². The fourth-order valence-electron chi connectivity index (χ4n) is 3.45. The second-order valence-electron chi connectivity index (χ2n) is 7.55. The number of fused-ring (bicyclic) bond motifs is 1. The largest absolute Gasteiger partial charge is 0.477 e. The number of aromatic nitrogens is 4. The van der Waals surface area contributed by atoms with E-state index >= 15 is 0 Å². The van der Waals surface area contributed by atoms with Gasteiger partial charge in [0.05, 0.1) is 5.75 Å². The number of hydrogen-bond donors (Lipinski definition) is 6. The van der Waals surface area contributed by atoms with Crippen molar-refractivity contribution >= 4 is 81.1 Å². The molecular formula is C18H21N11O5S4. The number of thiazole rings is 1. The van der Waals surface area contributed by atoms with Crippen LogP contribution >= 0.6 is 46.6 Å². The first-order valence-electron chi connectivity index (χ1n) is 10.4. The van der Waals surface area contributed by atoms with Gasteiger partial charge in [-0.15, -0.1) is 33.3 Å². The maximum Gasteiger partial charge on any atom is 0.352 e. The third-order valence-corrected chi connectivity index (χ3v) is 9.10. The Labute approximate surface area is 231 Å². The molecule has 4 rings (SSSR count). The van der Waals surface area contributed by atoms with Gasteiger partial charge in [0.2, 0.25) is 10.3 Å². The number of nitrogens with one attached hydrogen (secondary N) is 2. The number of carboxylic acids is 1. The van der Waals surface area contributed by atoms with Crippen molar-refractivity contribution in [3.63, 3.8) is 0 Å². The summed E-state index contributed by atoms with van der Waals surface area (Å²) in [5.74, 6) is 4.08. The molecule has 202 valence electrons. The fraction of sp³-hybridized carbons (Fsp3) is 0.333. The zero-order valence-electron chi connectivity index (χ0n) is 19.5. The van der Waals surface area contributed by atoms with E-state index in [1.165, 1.54) is 28.9 Å². The number of β-lactam (4-membered cyclic amide) rings is 1. The average Bonchev–Trinajstić information content (AvgIpc) is 3.46. The number of nitrogens with two attached hydrogens (primary N) is 3. The van der Waals surface area contributed by atoms with Crippen LogP contribution in [0.2, 0.25) is 0 Å². The lowest BCUT2D eigenvalue weighted by Gasteiger charge is -2.49. The molecule has 0 spiro atoms. The highest BCUT2D eigenvalue weighted by atomic mass is 32.2. The van der Waals surface area contributed by atoms with Gasteiger partial charge in [-0.3, -0.25) is 19.9 Å². The van der Waals surface area contributed by atoms with E-state index in [1.54, 1.807) is 0 Å². The van der Waals surface area contributed by atoms with Crippen molar-refractivity contribution in [3.05, 3.63) is 22.3 Å². The number of nitrogen functional groups attached to an aromatic ring is 2. The molecule has 2 atom stereocenters. The Kier molecular flexibility index (Phi) is 8.33. The zero-order valence-corrected chi connectivity index (χ0v) is 22.7. The summed E-state index contributed by atoms with van der Waals surface area (Å²) in [6.45, 7) is 0. The number of thioether (sulfide) groups is 3. The van der Waals surface area contributed by atoms with Crippen LogP contribution in [-0.2, 0) is 19.2 Å². The number of amidine groups is 1. The predicted octanol–water partition coefficient (Wildman–Crippen LogP) is -1.06. The van der Waals surface area contributed by atoms with Crippen LogP contribution in [0.1, 0.15) is 5.69 Å². The van der Waals surface area contributed by atoms with Crippen molar-refractivity contribution in [2.24, 2.45) is 10.9 Å². The molecule has 2 aromatic rings. The molecule has 0 aliphatic carbocycles. The Morgan fingerprint density at radius 2 is 2.08 bits per heavy atom. The molecule has 9 N–H and O–H groups in total. The minimum Gasteiger partial charge on any atom is -0.477 e. The molecule has 1 fully saturated rings. The summed E-state index contributed by atoms with van der Waals surface area (Å²) in [6.07, 6.45) is 0. The van der Waals surface area contributed by atoms with E-state index in [0.717, 1.165) is 39.8 Å². The van der Waals surface area contributed by atoms with Crippen molar-refractivity contribution < 1.29 is 24.3 Å². The van der Waals surface area contributed by atoms with E-state index in [4.69, 9.17) is 27.6 Å². The van der Waals surface area contributed by atoms with Crippen molar-refractivity contribution in [2.45, 2.75) is 21.7 Å². The van der Waals surface area contributed by atoms with Gasteiger partial charge in [0, 0.05) is 16.9 Å². The Bertz CT molecular complexity index is 1360. The molecule has 0 bridgehead atoms. The van der Waals surface area contributed by atoms with Crippen LogP contribution in [0.5, 0.6) is 0 Å². The molecule has 2 aliphatic heterocycles. The molecule has 0 saturated carbocycles. The first-order chi connectivity index (χ1) is 18.1. The second kappa shape index (κ2) is 11.5. The van der Waals surface area contributed by atoms with Gasteiger partial charge < -0.3 is 32.6 Å². The minimum absolute atomic E-state index is 0.0408. The van der Waals surface area contributed by atoms with Gasteiger partial charge in [-0.05, 0) is 5.57 Å². The molecule has 2 aromatic heterocycles. The van der Waals surface area contributed by atoms with Gasteiger partial charge in [-0.25, -0.2) is 14.5 Å². The average molecular weight is 600 g/mol. The van der Waals surface area contributed by atoms with Gasteiger partial charge in [-0.2, -0.15) is 0 Å². The number of carboxylic acid groups (broad SMARTS) is 1. The molecule has 38 heavy (non-hydrogen) atoms. The Hall–Kier alpha value is -3.49. The number of oxime groups is 1. The second-order valence-corrected chi connectivity index (χ2v) is 11.4. The predicted molar refractivity (Wildman–Crippen MR) is 143 cm³/mol. The first-order valence-corrected chi connectivity index (χ1v) is 14.3. The maximum absolute atomic E-state index is 13.0. The quantitative estimate of drug-likeness (QED) is 0.0450. The van der Waals surface area contributed by atoms with Crippen molar-refractivity contribution in [1.82, 2.24) is 30.1 Å². The first kappa shape index (κ1) is 27.5. The van der Waals surface area contributed by atoms with Gasteiger partial charge in [0.15, 0.2) is 10.8 Å². The van der Waals surface area contributed by atoms with Crippen LogP contribution in [0.25, 0.3) is 0 Å². The lowest BCUT2D eigenvalue weighted by atomic mass is 10.0. The number of hydrogen-bond acceptors (Lipinski definition) is 15. The summed E-state index contributed by atoms with van der Waals surface area (Å²) in [6, 6.07) is -0.970.